The average Bonchev–Trinajstić information content (AvgIpc) is 2.25. The second-order valence-electron chi connectivity index (χ2n) is 4.75. The Bertz CT molecular complexity index is 459. The Morgan fingerprint density at radius 1 is 1.32 bits per heavy atom. The minimum atomic E-state index is -0.925. The molecule has 104 valence electrons. The zero-order valence-electron chi connectivity index (χ0n) is 10.8. The molecule has 0 aliphatic carbocycles. The van der Waals surface area contributed by atoms with Crippen molar-refractivity contribution in [2.24, 2.45) is 0 Å². The van der Waals surface area contributed by atoms with Gasteiger partial charge in [-0.2, -0.15) is 0 Å². The maximum absolute atomic E-state index is 11.7. The summed E-state index contributed by atoms with van der Waals surface area (Å²) in [6, 6.07) is 7.66. The number of carboxylic acids is 1. The Morgan fingerprint density at radius 2 is 1.89 bits per heavy atom. The molecule has 0 unspecified atom stereocenters. The van der Waals surface area contributed by atoms with Crippen LogP contribution in [0.25, 0.3) is 0 Å². The summed E-state index contributed by atoms with van der Waals surface area (Å²) in [7, 11) is 0. The van der Waals surface area contributed by atoms with Gasteiger partial charge in [-0.3, -0.25) is 9.59 Å². The van der Waals surface area contributed by atoms with E-state index in [1.807, 2.05) is 24.3 Å². The van der Waals surface area contributed by atoms with Crippen molar-refractivity contribution in [3.05, 3.63) is 28.7 Å². The molecular formula is C13H16BrNO3S. The van der Waals surface area contributed by atoms with E-state index in [0.717, 1.165) is 9.37 Å². The normalized spacial score (nSPS) is 11.1. The number of thioether (sulfide) groups is 1. The van der Waals surface area contributed by atoms with Crippen molar-refractivity contribution in [1.82, 2.24) is 5.32 Å². The monoisotopic (exact) mass is 345 g/mol. The van der Waals surface area contributed by atoms with Crippen molar-refractivity contribution in [1.29, 1.82) is 0 Å². The van der Waals surface area contributed by atoms with Gasteiger partial charge in [0.05, 0.1) is 12.2 Å². The minimum absolute atomic E-state index is 0.0955. The van der Waals surface area contributed by atoms with E-state index in [2.05, 4.69) is 21.2 Å². The van der Waals surface area contributed by atoms with E-state index in [1.54, 1.807) is 13.8 Å². The SMILES string of the molecule is CC(C)(CC(=O)O)NC(=O)CSc1ccc(Br)cc1. The van der Waals surface area contributed by atoms with Crippen molar-refractivity contribution in [2.45, 2.75) is 30.7 Å². The minimum Gasteiger partial charge on any atom is -0.481 e. The highest BCUT2D eigenvalue weighted by atomic mass is 79.9. The van der Waals surface area contributed by atoms with E-state index in [-0.39, 0.29) is 18.1 Å². The molecule has 4 nitrogen and oxygen atoms in total. The molecule has 19 heavy (non-hydrogen) atoms. The molecule has 2 N–H and O–H groups in total. The quantitative estimate of drug-likeness (QED) is 0.778. The van der Waals surface area contributed by atoms with Gasteiger partial charge in [0.1, 0.15) is 0 Å². The molecule has 0 radical (unpaired) electrons. The maximum Gasteiger partial charge on any atom is 0.305 e. The summed E-state index contributed by atoms with van der Waals surface area (Å²) >= 11 is 4.76. The van der Waals surface area contributed by atoms with Gasteiger partial charge in [0.15, 0.2) is 0 Å². The summed E-state index contributed by atoms with van der Waals surface area (Å²) in [5.74, 6) is -0.824. The number of rotatable bonds is 6. The number of amides is 1. The third-order valence-electron chi connectivity index (χ3n) is 2.25. The third-order valence-corrected chi connectivity index (χ3v) is 3.80. The van der Waals surface area contributed by atoms with Crippen LogP contribution in [0.5, 0.6) is 0 Å². The van der Waals surface area contributed by atoms with Crippen LogP contribution in [0.1, 0.15) is 20.3 Å². The van der Waals surface area contributed by atoms with Gasteiger partial charge in [0.2, 0.25) is 5.91 Å². The fourth-order valence-corrected chi connectivity index (χ4v) is 2.48. The first kappa shape index (κ1) is 16.0. The number of halogens is 1. The smallest absolute Gasteiger partial charge is 0.305 e. The molecular weight excluding hydrogens is 330 g/mol. The second kappa shape index (κ2) is 6.96. The zero-order valence-corrected chi connectivity index (χ0v) is 13.2. The lowest BCUT2D eigenvalue weighted by molar-refractivity contribution is -0.138. The van der Waals surface area contributed by atoms with E-state index in [0.29, 0.717) is 0 Å². The van der Waals surface area contributed by atoms with Crippen LogP contribution in [0, 0.1) is 0 Å². The van der Waals surface area contributed by atoms with Gasteiger partial charge in [0, 0.05) is 14.9 Å². The van der Waals surface area contributed by atoms with Gasteiger partial charge in [-0.05, 0) is 38.1 Å². The highest BCUT2D eigenvalue weighted by Gasteiger charge is 2.23. The Labute approximate surface area is 125 Å². The van der Waals surface area contributed by atoms with Gasteiger partial charge >= 0.3 is 5.97 Å². The number of carbonyl (C=O) groups is 2. The molecule has 0 saturated carbocycles. The molecule has 0 spiro atoms. The first-order valence-electron chi connectivity index (χ1n) is 5.70. The van der Waals surface area contributed by atoms with E-state index in [9.17, 15) is 9.59 Å². The van der Waals surface area contributed by atoms with Crippen LogP contribution < -0.4 is 5.32 Å². The summed E-state index contributed by atoms with van der Waals surface area (Å²) in [4.78, 5) is 23.4. The summed E-state index contributed by atoms with van der Waals surface area (Å²) in [5.41, 5.74) is -0.733. The number of carboxylic acid groups (broad SMARTS) is 1. The van der Waals surface area contributed by atoms with E-state index < -0.39 is 11.5 Å². The number of hydrogen-bond acceptors (Lipinski definition) is 3. The number of benzene rings is 1. The predicted octanol–water partition coefficient (Wildman–Crippen LogP) is 2.91. The largest absolute Gasteiger partial charge is 0.481 e. The van der Waals surface area contributed by atoms with Gasteiger partial charge in [0.25, 0.3) is 0 Å². The summed E-state index contributed by atoms with van der Waals surface area (Å²) in [6.07, 6.45) is -0.0955. The molecule has 0 aliphatic heterocycles. The Hall–Kier alpha value is -1.01. The second-order valence-corrected chi connectivity index (χ2v) is 6.71. The third kappa shape index (κ3) is 6.63. The number of aliphatic carboxylic acids is 1. The van der Waals surface area contributed by atoms with Gasteiger partial charge in [-0.1, -0.05) is 15.9 Å². The van der Waals surface area contributed by atoms with Gasteiger partial charge in [-0.25, -0.2) is 0 Å². The van der Waals surface area contributed by atoms with E-state index in [1.165, 1.54) is 11.8 Å². The first-order chi connectivity index (χ1) is 8.78. The molecule has 0 heterocycles. The fraction of sp³-hybridized carbons (Fsp3) is 0.385. The molecule has 0 fully saturated rings. The van der Waals surface area contributed by atoms with Crippen LogP contribution in [0.3, 0.4) is 0 Å². The van der Waals surface area contributed by atoms with E-state index in [4.69, 9.17) is 5.11 Å². The first-order valence-corrected chi connectivity index (χ1v) is 7.47. The number of nitrogens with one attached hydrogen (secondary N) is 1. The van der Waals surface area contributed by atoms with E-state index >= 15 is 0 Å². The van der Waals surface area contributed by atoms with Crippen molar-refractivity contribution in [3.8, 4) is 0 Å². The molecule has 0 aliphatic rings. The number of carbonyl (C=O) groups excluding carboxylic acids is 1. The molecule has 1 aromatic rings. The highest BCUT2D eigenvalue weighted by Crippen LogP contribution is 2.20. The van der Waals surface area contributed by atoms with Crippen molar-refractivity contribution < 1.29 is 14.7 Å². The molecule has 0 bridgehead atoms. The van der Waals surface area contributed by atoms with Crippen molar-refractivity contribution in [3.63, 3.8) is 0 Å². The standard InChI is InChI=1S/C13H16BrNO3S/c1-13(2,7-12(17)18)15-11(16)8-19-10-5-3-9(14)4-6-10/h3-6H,7-8H2,1-2H3,(H,15,16)(H,17,18). The molecule has 0 atom stereocenters. The van der Waals surface area contributed by atoms with Gasteiger partial charge < -0.3 is 10.4 Å². The molecule has 0 saturated heterocycles. The Kier molecular flexibility index (Phi) is 5.87. The lowest BCUT2D eigenvalue weighted by atomic mass is 10.0. The van der Waals surface area contributed by atoms with Crippen molar-refractivity contribution >= 4 is 39.6 Å². The van der Waals surface area contributed by atoms with Crippen molar-refractivity contribution in [2.75, 3.05) is 5.75 Å². The fourth-order valence-electron chi connectivity index (χ4n) is 1.52. The van der Waals surface area contributed by atoms with Crippen LogP contribution in [-0.4, -0.2) is 28.3 Å². The molecule has 0 aromatic heterocycles. The van der Waals surface area contributed by atoms with Crippen LogP contribution in [0.2, 0.25) is 0 Å². The number of hydrogen-bond donors (Lipinski definition) is 2. The lowest BCUT2D eigenvalue weighted by Gasteiger charge is -2.24. The molecule has 6 heteroatoms. The lowest BCUT2D eigenvalue weighted by Crippen LogP contribution is -2.45. The summed E-state index contributed by atoms with van der Waals surface area (Å²) in [6.45, 7) is 3.40. The Morgan fingerprint density at radius 3 is 2.42 bits per heavy atom. The topological polar surface area (TPSA) is 66.4 Å². The zero-order chi connectivity index (χ0) is 14.5. The van der Waals surface area contributed by atoms with Crippen LogP contribution in [0.4, 0.5) is 0 Å². The molecule has 1 aromatic carbocycles. The molecule has 1 rings (SSSR count). The summed E-state index contributed by atoms with van der Waals surface area (Å²) < 4.78 is 0.990. The predicted molar refractivity (Wildman–Crippen MR) is 79.3 cm³/mol. The average molecular weight is 346 g/mol. The maximum atomic E-state index is 11.7. The van der Waals surface area contributed by atoms with Crippen LogP contribution in [0.15, 0.2) is 33.6 Å². The highest BCUT2D eigenvalue weighted by molar-refractivity contribution is 9.10. The van der Waals surface area contributed by atoms with Crippen LogP contribution in [-0.2, 0) is 9.59 Å². The molecule has 1 amide bonds. The van der Waals surface area contributed by atoms with Crippen LogP contribution >= 0.6 is 27.7 Å². The summed E-state index contributed by atoms with van der Waals surface area (Å²) in [5, 5.41) is 11.5. The van der Waals surface area contributed by atoms with Gasteiger partial charge in [-0.15, -0.1) is 11.8 Å². The Balaban J connectivity index is 2.43.